The summed E-state index contributed by atoms with van der Waals surface area (Å²) in [4.78, 5) is 23.3. The van der Waals surface area contributed by atoms with Crippen LogP contribution in [0, 0.1) is 0 Å². The van der Waals surface area contributed by atoms with Crippen LogP contribution >= 0.6 is 0 Å². The third kappa shape index (κ3) is 2.81. The predicted molar refractivity (Wildman–Crippen MR) is 80.7 cm³/mol. The van der Waals surface area contributed by atoms with Crippen LogP contribution in [0.25, 0.3) is 10.8 Å². The first-order valence-corrected chi connectivity index (χ1v) is 6.82. The van der Waals surface area contributed by atoms with E-state index in [1.54, 1.807) is 12.1 Å². The fourth-order valence-corrected chi connectivity index (χ4v) is 2.26. The second-order valence-corrected chi connectivity index (χ2v) is 5.69. The quantitative estimate of drug-likeness (QED) is 0.809. The smallest absolute Gasteiger partial charge is 0.337 e. The van der Waals surface area contributed by atoms with Crippen LogP contribution in [0.5, 0.6) is 0 Å². The number of anilines is 1. The Hall–Kier alpha value is -2.56. The Balaban J connectivity index is 1.93. The van der Waals surface area contributed by atoms with Crippen molar-refractivity contribution in [2.75, 3.05) is 5.32 Å². The van der Waals surface area contributed by atoms with Gasteiger partial charge in [-0.2, -0.15) is 0 Å². The highest BCUT2D eigenvalue weighted by atomic mass is 16.4. The molecule has 1 saturated carbocycles. The first-order valence-electron chi connectivity index (χ1n) is 6.82. The number of carbonyl (C=O) groups excluding carboxylic acids is 1. The number of benzene rings is 2. The van der Waals surface area contributed by atoms with Gasteiger partial charge in [0.05, 0.1) is 11.3 Å². The van der Waals surface area contributed by atoms with Gasteiger partial charge in [0.15, 0.2) is 0 Å². The molecule has 5 heteroatoms. The third-order valence-electron chi connectivity index (χ3n) is 3.78. The van der Waals surface area contributed by atoms with E-state index in [0.717, 1.165) is 23.6 Å². The molecule has 0 radical (unpaired) electrons. The molecule has 0 unspecified atom stereocenters. The van der Waals surface area contributed by atoms with Crippen LogP contribution in [0.2, 0.25) is 0 Å². The van der Waals surface area contributed by atoms with Crippen LogP contribution in [0.15, 0.2) is 36.4 Å². The summed E-state index contributed by atoms with van der Waals surface area (Å²) in [6.07, 6.45) is 1.90. The molecule has 0 spiro atoms. The standard InChI is InChI=1S/C16H16N2O3/c1-16(6-7-16)18-15(21)17-13-9-11-5-3-2-4-10(11)8-12(13)14(19)20/h2-5,8-9H,6-7H2,1H3,(H,19,20)(H2,17,18,21). The van der Waals surface area contributed by atoms with E-state index in [-0.39, 0.29) is 17.1 Å². The van der Waals surface area contributed by atoms with Gasteiger partial charge < -0.3 is 15.7 Å². The summed E-state index contributed by atoms with van der Waals surface area (Å²) in [6, 6.07) is 10.3. The summed E-state index contributed by atoms with van der Waals surface area (Å²) in [5, 5.41) is 16.5. The highest BCUT2D eigenvalue weighted by Gasteiger charge is 2.38. The van der Waals surface area contributed by atoms with E-state index in [0.29, 0.717) is 5.69 Å². The minimum absolute atomic E-state index is 0.0878. The zero-order valence-corrected chi connectivity index (χ0v) is 11.6. The number of carbonyl (C=O) groups is 2. The molecule has 0 heterocycles. The maximum atomic E-state index is 12.0. The summed E-state index contributed by atoms with van der Waals surface area (Å²) >= 11 is 0. The van der Waals surface area contributed by atoms with Gasteiger partial charge in [-0.15, -0.1) is 0 Å². The molecule has 1 fully saturated rings. The van der Waals surface area contributed by atoms with E-state index in [9.17, 15) is 14.7 Å². The number of hydrogen-bond donors (Lipinski definition) is 3. The SMILES string of the molecule is CC1(NC(=O)Nc2cc3ccccc3cc2C(=O)O)CC1. The summed E-state index contributed by atoms with van der Waals surface area (Å²) in [7, 11) is 0. The Morgan fingerprint density at radius 1 is 1.14 bits per heavy atom. The van der Waals surface area contributed by atoms with Crippen molar-refractivity contribution in [1.29, 1.82) is 0 Å². The molecule has 1 aliphatic rings. The number of fused-ring (bicyclic) bond motifs is 1. The lowest BCUT2D eigenvalue weighted by Gasteiger charge is -2.14. The molecule has 2 aromatic carbocycles. The number of hydrogen-bond acceptors (Lipinski definition) is 2. The Kier molecular flexibility index (Phi) is 3.05. The minimum Gasteiger partial charge on any atom is -0.478 e. The lowest BCUT2D eigenvalue weighted by atomic mass is 10.0. The molecular weight excluding hydrogens is 268 g/mol. The molecule has 0 saturated heterocycles. The van der Waals surface area contributed by atoms with Gasteiger partial charge in [0.1, 0.15) is 0 Å². The van der Waals surface area contributed by atoms with E-state index in [1.807, 2.05) is 31.2 Å². The van der Waals surface area contributed by atoms with Crippen LogP contribution < -0.4 is 10.6 Å². The van der Waals surface area contributed by atoms with Crippen LogP contribution in [-0.2, 0) is 0 Å². The van der Waals surface area contributed by atoms with Crippen LogP contribution in [0.1, 0.15) is 30.1 Å². The van der Waals surface area contributed by atoms with Crippen molar-refractivity contribution in [2.24, 2.45) is 0 Å². The summed E-state index contributed by atoms with van der Waals surface area (Å²) in [5.41, 5.74) is 0.248. The number of carboxylic acids is 1. The lowest BCUT2D eigenvalue weighted by Crippen LogP contribution is -2.37. The van der Waals surface area contributed by atoms with Gasteiger partial charge in [0.25, 0.3) is 0 Å². The van der Waals surface area contributed by atoms with Crippen molar-refractivity contribution >= 4 is 28.5 Å². The molecule has 3 rings (SSSR count). The van der Waals surface area contributed by atoms with Gasteiger partial charge in [-0.1, -0.05) is 24.3 Å². The van der Waals surface area contributed by atoms with Crippen molar-refractivity contribution in [3.63, 3.8) is 0 Å². The molecule has 0 bridgehead atoms. The van der Waals surface area contributed by atoms with Gasteiger partial charge >= 0.3 is 12.0 Å². The average molecular weight is 284 g/mol. The predicted octanol–water partition coefficient (Wildman–Crippen LogP) is 3.21. The fourth-order valence-electron chi connectivity index (χ4n) is 2.26. The first-order chi connectivity index (χ1) is 9.97. The van der Waals surface area contributed by atoms with E-state index >= 15 is 0 Å². The second kappa shape index (κ2) is 4.77. The summed E-state index contributed by atoms with van der Waals surface area (Å²) in [5.74, 6) is -1.06. The van der Waals surface area contributed by atoms with Crippen LogP contribution in [0.4, 0.5) is 10.5 Å². The molecule has 5 nitrogen and oxygen atoms in total. The second-order valence-electron chi connectivity index (χ2n) is 5.69. The molecular formula is C16H16N2O3. The molecule has 0 aromatic heterocycles. The lowest BCUT2D eigenvalue weighted by molar-refractivity contribution is 0.0698. The maximum Gasteiger partial charge on any atom is 0.337 e. The summed E-state index contributed by atoms with van der Waals surface area (Å²) in [6.45, 7) is 1.96. The van der Waals surface area contributed by atoms with E-state index < -0.39 is 5.97 Å². The fraction of sp³-hybridized carbons (Fsp3) is 0.250. The molecule has 108 valence electrons. The Bertz CT molecular complexity index is 735. The number of nitrogens with one attached hydrogen (secondary N) is 2. The Morgan fingerprint density at radius 3 is 2.33 bits per heavy atom. The Labute approximate surface area is 122 Å². The van der Waals surface area contributed by atoms with Gasteiger partial charge in [-0.3, -0.25) is 0 Å². The van der Waals surface area contributed by atoms with Gasteiger partial charge in [0, 0.05) is 5.54 Å². The number of carboxylic acid groups (broad SMARTS) is 1. The van der Waals surface area contributed by atoms with Crippen LogP contribution in [-0.4, -0.2) is 22.6 Å². The molecule has 3 N–H and O–H groups in total. The molecule has 2 amide bonds. The van der Waals surface area contributed by atoms with Crippen molar-refractivity contribution in [2.45, 2.75) is 25.3 Å². The van der Waals surface area contributed by atoms with Crippen molar-refractivity contribution in [1.82, 2.24) is 5.32 Å². The van der Waals surface area contributed by atoms with Crippen molar-refractivity contribution < 1.29 is 14.7 Å². The van der Waals surface area contributed by atoms with Crippen LogP contribution in [0.3, 0.4) is 0 Å². The number of rotatable bonds is 3. The number of amides is 2. The topological polar surface area (TPSA) is 78.4 Å². The monoisotopic (exact) mass is 284 g/mol. The summed E-state index contributed by atoms with van der Waals surface area (Å²) < 4.78 is 0. The van der Waals surface area contributed by atoms with Gasteiger partial charge in [-0.25, -0.2) is 9.59 Å². The van der Waals surface area contributed by atoms with E-state index in [2.05, 4.69) is 10.6 Å². The molecule has 1 aliphatic carbocycles. The van der Waals surface area contributed by atoms with E-state index in [4.69, 9.17) is 0 Å². The highest BCUT2D eigenvalue weighted by molar-refractivity contribution is 6.05. The minimum atomic E-state index is -1.06. The number of aromatic carboxylic acids is 1. The van der Waals surface area contributed by atoms with Crippen molar-refractivity contribution in [3.8, 4) is 0 Å². The highest BCUT2D eigenvalue weighted by Crippen LogP contribution is 2.34. The third-order valence-corrected chi connectivity index (χ3v) is 3.78. The molecule has 0 atom stereocenters. The average Bonchev–Trinajstić information content (AvgIpc) is 3.14. The van der Waals surface area contributed by atoms with E-state index in [1.165, 1.54) is 0 Å². The zero-order chi connectivity index (χ0) is 15.0. The van der Waals surface area contributed by atoms with Crippen molar-refractivity contribution in [3.05, 3.63) is 42.0 Å². The zero-order valence-electron chi connectivity index (χ0n) is 11.6. The largest absolute Gasteiger partial charge is 0.478 e. The molecule has 2 aromatic rings. The molecule has 21 heavy (non-hydrogen) atoms. The normalized spacial score (nSPS) is 15.5. The van der Waals surface area contributed by atoms with Gasteiger partial charge in [0.2, 0.25) is 0 Å². The first kappa shape index (κ1) is 13.4. The van der Waals surface area contributed by atoms with Gasteiger partial charge in [-0.05, 0) is 42.7 Å². The Morgan fingerprint density at radius 2 is 1.76 bits per heavy atom. The maximum absolute atomic E-state index is 12.0. The molecule has 0 aliphatic heterocycles. The number of urea groups is 1.